The van der Waals surface area contributed by atoms with Crippen LogP contribution in [0.5, 0.6) is 0 Å². The molecular weight excluding hydrogens is 466 g/mol. The Labute approximate surface area is 195 Å². The van der Waals surface area contributed by atoms with Gasteiger partial charge in [0.25, 0.3) is 11.7 Å². The number of halogens is 1. The second kappa shape index (κ2) is 8.40. The number of hydrogen-bond donors (Lipinski definition) is 1. The number of benzene rings is 3. The van der Waals surface area contributed by atoms with Crippen LogP contribution in [0.25, 0.3) is 5.76 Å². The highest BCUT2D eigenvalue weighted by atomic mass is 79.9. The average Bonchev–Trinajstić information content (AvgIpc) is 3.09. The highest BCUT2D eigenvalue weighted by molar-refractivity contribution is 9.10. The summed E-state index contributed by atoms with van der Waals surface area (Å²) >= 11 is 3.45. The van der Waals surface area contributed by atoms with Crippen molar-refractivity contribution in [1.82, 2.24) is 0 Å². The summed E-state index contributed by atoms with van der Waals surface area (Å²) in [5, 5.41) is 11.3. The minimum atomic E-state index is -0.707. The molecular formula is C27H22BrNO3. The van der Waals surface area contributed by atoms with E-state index in [4.69, 9.17) is 0 Å². The molecule has 1 fully saturated rings. The van der Waals surface area contributed by atoms with Gasteiger partial charge >= 0.3 is 0 Å². The van der Waals surface area contributed by atoms with Crippen LogP contribution in [-0.4, -0.2) is 16.8 Å². The van der Waals surface area contributed by atoms with Gasteiger partial charge in [-0.2, -0.15) is 0 Å². The molecule has 1 atom stereocenters. The van der Waals surface area contributed by atoms with Crippen LogP contribution in [0.4, 0.5) is 5.69 Å². The second-order valence-corrected chi connectivity index (χ2v) is 9.17. The molecule has 0 bridgehead atoms. The van der Waals surface area contributed by atoms with Crippen molar-refractivity contribution in [2.75, 3.05) is 4.90 Å². The Kier molecular flexibility index (Phi) is 5.43. The molecule has 0 spiro atoms. The molecule has 4 nitrogen and oxygen atoms in total. The van der Waals surface area contributed by atoms with Crippen LogP contribution >= 0.6 is 15.9 Å². The number of ketones is 1. The molecule has 0 aromatic heterocycles. The van der Waals surface area contributed by atoms with Crippen molar-refractivity contribution in [2.45, 2.75) is 31.7 Å². The van der Waals surface area contributed by atoms with Crippen molar-refractivity contribution in [3.63, 3.8) is 0 Å². The zero-order valence-corrected chi connectivity index (χ0v) is 19.0. The maximum atomic E-state index is 13.2. The molecule has 1 saturated heterocycles. The molecule has 1 N–H and O–H groups in total. The van der Waals surface area contributed by atoms with Crippen LogP contribution in [0.3, 0.4) is 0 Å². The molecule has 1 unspecified atom stereocenters. The van der Waals surface area contributed by atoms with Crippen LogP contribution in [0.1, 0.15) is 41.1 Å². The van der Waals surface area contributed by atoms with Crippen LogP contribution < -0.4 is 4.90 Å². The van der Waals surface area contributed by atoms with Crippen molar-refractivity contribution >= 4 is 39.1 Å². The lowest BCUT2D eigenvalue weighted by Crippen LogP contribution is -2.29. The Morgan fingerprint density at radius 2 is 1.62 bits per heavy atom. The van der Waals surface area contributed by atoms with Gasteiger partial charge in [-0.3, -0.25) is 14.5 Å². The van der Waals surface area contributed by atoms with Gasteiger partial charge in [-0.25, -0.2) is 0 Å². The van der Waals surface area contributed by atoms with E-state index in [2.05, 4.69) is 15.9 Å². The summed E-state index contributed by atoms with van der Waals surface area (Å²) in [4.78, 5) is 27.9. The van der Waals surface area contributed by atoms with Gasteiger partial charge in [0.1, 0.15) is 5.76 Å². The Bertz CT molecular complexity index is 1250. The number of nitrogens with zero attached hydrogens (tertiary/aromatic N) is 1. The SMILES string of the molecule is O=C1C(=O)N(c2cccc(Br)c2)C(c2ccccc2)/C1=C(/O)c1ccc2c(c1)CCCC2. The first-order valence-corrected chi connectivity index (χ1v) is 11.6. The van der Waals surface area contributed by atoms with E-state index >= 15 is 0 Å². The van der Waals surface area contributed by atoms with Gasteiger partial charge in [-0.15, -0.1) is 0 Å². The van der Waals surface area contributed by atoms with E-state index in [0.717, 1.165) is 29.3 Å². The number of aliphatic hydroxyl groups excluding tert-OH is 1. The number of carbonyl (C=O) groups is 2. The van der Waals surface area contributed by atoms with Crippen LogP contribution in [-0.2, 0) is 22.4 Å². The number of aliphatic hydroxyl groups is 1. The lowest BCUT2D eigenvalue weighted by Gasteiger charge is -2.25. The largest absolute Gasteiger partial charge is 0.507 e. The molecule has 1 aliphatic heterocycles. The number of anilines is 1. The summed E-state index contributed by atoms with van der Waals surface area (Å²) in [6.07, 6.45) is 4.29. The van der Waals surface area contributed by atoms with E-state index in [9.17, 15) is 14.7 Å². The summed E-state index contributed by atoms with van der Waals surface area (Å²) in [7, 11) is 0. The molecule has 32 heavy (non-hydrogen) atoms. The Morgan fingerprint density at radius 3 is 2.38 bits per heavy atom. The highest BCUT2D eigenvalue weighted by Gasteiger charge is 2.47. The summed E-state index contributed by atoms with van der Waals surface area (Å²) < 4.78 is 0.804. The van der Waals surface area contributed by atoms with E-state index in [-0.39, 0.29) is 11.3 Å². The standard InChI is InChI=1S/C27H22BrNO3/c28-21-11-6-12-22(16-21)29-24(18-8-2-1-3-9-18)23(26(31)27(29)32)25(30)20-14-13-17-7-4-5-10-19(17)15-20/h1-3,6,8-9,11-16,24,30H,4-5,7,10H2/b25-23-. The van der Waals surface area contributed by atoms with E-state index in [1.807, 2.05) is 60.7 Å². The third kappa shape index (κ3) is 3.56. The van der Waals surface area contributed by atoms with Crippen molar-refractivity contribution in [3.8, 4) is 0 Å². The number of fused-ring (bicyclic) bond motifs is 1. The van der Waals surface area contributed by atoms with Gasteiger partial charge < -0.3 is 5.11 Å². The molecule has 3 aromatic carbocycles. The van der Waals surface area contributed by atoms with E-state index < -0.39 is 17.7 Å². The topological polar surface area (TPSA) is 57.6 Å². The van der Waals surface area contributed by atoms with Crippen LogP contribution in [0.15, 0.2) is 82.8 Å². The normalized spacial score (nSPS) is 19.8. The smallest absolute Gasteiger partial charge is 0.300 e. The molecule has 3 aromatic rings. The molecule has 1 aliphatic carbocycles. The molecule has 5 rings (SSSR count). The van der Waals surface area contributed by atoms with Crippen molar-refractivity contribution in [3.05, 3.63) is 105 Å². The highest BCUT2D eigenvalue weighted by Crippen LogP contribution is 2.42. The number of hydrogen-bond acceptors (Lipinski definition) is 3. The summed E-state index contributed by atoms with van der Waals surface area (Å²) in [6.45, 7) is 0. The lowest BCUT2D eigenvalue weighted by atomic mass is 9.88. The third-order valence-corrected chi connectivity index (χ3v) is 6.76. The summed E-state index contributed by atoms with van der Waals surface area (Å²) in [6, 6.07) is 21.8. The maximum Gasteiger partial charge on any atom is 0.300 e. The lowest BCUT2D eigenvalue weighted by molar-refractivity contribution is -0.132. The molecule has 5 heteroatoms. The van der Waals surface area contributed by atoms with Gasteiger partial charge in [0.05, 0.1) is 11.6 Å². The first-order chi connectivity index (χ1) is 15.5. The van der Waals surface area contributed by atoms with Crippen LogP contribution in [0, 0.1) is 0 Å². The molecule has 1 heterocycles. The molecule has 160 valence electrons. The fraction of sp³-hybridized carbons (Fsp3) is 0.185. The Balaban J connectivity index is 1.69. The number of carbonyl (C=O) groups excluding carboxylic acids is 2. The van der Waals surface area contributed by atoms with Crippen LogP contribution in [0.2, 0.25) is 0 Å². The van der Waals surface area contributed by atoms with E-state index in [1.165, 1.54) is 22.4 Å². The van der Waals surface area contributed by atoms with Crippen molar-refractivity contribution in [2.24, 2.45) is 0 Å². The van der Waals surface area contributed by atoms with Gasteiger partial charge in [0, 0.05) is 15.7 Å². The first kappa shape index (κ1) is 20.7. The third-order valence-electron chi connectivity index (χ3n) is 6.27. The molecule has 0 saturated carbocycles. The Morgan fingerprint density at radius 1 is 0.875 bits per heavy atom. The molecule has 1 amide bonds. The quantitative estimate of drug-likeness (QED) is 0.282. The molecule has 2 aliphatic rings. The first-order valence-electron chi connectivity index (χ1n) is 10.8. The van der Waals surface area contributed by atoms with E-state index in [0.29, 0.717) is 11.3 Å². The second-order valence-electron chi connectivity index (χ2n) is 8.25. The molecule has 0 radical (unpaired) electrons. The minimum absolute atomic E-state index is 0.122. The number of rotatable bonds is 3. The Hall–Kier alpha value is -3.18. The predicted molar refractivity (Wildman–Crippen MR) is 128 cm³/mol. The minimum Gasteiger partial charge on any atom is -0.507 e. The fourth-order valence-corrected chi connectivity index (χ4v) is 5.10. The van der Waals surface area contributed by atoms with Crippen molar-refractivity contribution < 1.29 is 14.7 Å². The number of amides is 1. The average molecular weight is 488 g/mol. The van der Waals surface area contributed by atoms with E-state index in [1.54, 1.807) is 12.1 Å². The van der Waals surface area contributed by atoms with Gasteiger partial charge in [0.15, 0.2) is 0 Å². The monoisotopic (exact) mass is 487 g/mol. The number of aryl methyl sites for hydroxylation is 2. The summed E-state index contributed by atoms with van der Waals surface area (Å²) in [5.41, 5.74) is 4.57. The maximum absolute atomic E-state index is 13.2. The van der Waals surface area contributed by atoms with Crippen molar-refractivity contribution in [1.29, 1.82) is 0 Å². The predicted octanol–water partition coefficient (Wildman–Crippen LogP) is 5.95. The van der Waals surface area contributed by atoms with Gasteiger partial charge in [-0.1, -0.05) is 64.5 Å². The number of Topliss-reactive ketones (excluding diaryl/α,β-unsaturated/α-hetero) is 1. The van der Waals surface area contributed by atoms with Gasteiger partial charge in [0.2, 0.25) is 0 Å². The fourth-order valence-electron chi connectivity index (χ4n) is 4.71. The summed E-state index contributed by atoms with van der Waals surface area (Å²) in [5.74, 6) is -1.44. The zero-order valence-electron chi connectivity index (χ0n) is 17.4. The van der Waals surface area contributed by atoms with Gasteiger partial charge in [-0.05, 0) is 66.6 Å². The zero-order chi connectivity index (χ0) is 22.2.